The van der Waals surface area contributed by atoms with E-state index in [1.54, 1.807) is 0 Å². The number of hydrogen-bond acceptors (Lipinski definition) is 3. The van der Waals surface area contributed by atoms with Crippen molar-refractivity contribution in [2.45, 2.75) is 45.6 Å². The lowest BCUT2D eigenvalue weighted by Crippen LogP contribution is -2.15. The van der Waals surface area contributed by atoms with E-state index in [0.29, 0.717) is 6.04 Å². The SMILES string of the molecule is CCCCCC(C)Nc1ccnc(NC)c1. The summed E-state index contributed by atoms with van der Waals surface area (Å²) in [7, 11) is 1.89. The standard InChI is InChI=1S/C13H23N3/c1-4-5-6-7-11(2)16-12-8-9-15-13(10-12)14-3/h8-11H,4-7H2,1-3H3,(H2,14,15,16). The first-order valence-electron chi connectivity index (χ1n) is 6.16. The van der Waals surface area contributed by atoms with Crippen molar-refractivity contribution in [1.29, 1.82) is 0 Å². The van der Waals surface area contributed by atoms with Gasteiger partial charge < -0.3 is 10.6 Å². The van der Waals surface area contributed by atoms with Crippen molar-refractivity contribution in [3.63, 3.8) is 0 Å². The lowest BCUT2D eigenvalue weighted by molar-refractivity contribution is 0.615. The van der Waals surface area contributed by atoms with Gasteiger partial charge in [-0.3, -0.25) is 0 Å². The average molecular weight is 221 g/mol. The maximum atomic E-state index is 4.19. The maximum Gasteiger partial charge on any atom is 0.127 e. The fourth-order valence-electron chi connectivity index (χ4n) is 1.71. The molecular formula is C13H23N3. The Morgan fingerprint density at radius 1 is 1.38 bits per heavy atom. The lowest BCUT2D eigenvalue weighted by Gasteiger charge is -2.15. The number of aromatic nitrogens is 1. The zero-order valence-corrected chi connectivity index (χ0v) is 10.6. The predicted molar refractivity (Wildman–Crippen MR) is 71.0 cm³/mol. The van der Waals surface area contributed by atoms with Crippen LogP contribution in [0.2, 0.25) is 0 Å². The van der Waals surface area contributed by atoms with Crippen molar-refractivity contribution in [2.75, 3.05) is 17.7 Å². The number of hydrogen-bond donors (Lipinski definition) is 2. The lowest BCUT2D eigenvalue weighted by atomic mass is 10.1. The molecule has 90 valence electrons. The van der Waals surface area contributed by atoms with Crippen LogP contribution in [0.5, 0.6) is 0 Å². The van der Waals surface area contributed by atoms with Crippen LogP contribution < -0.4 is 10.6 Å². The Morgan fingerprint density at radius 2 is 2.19 bits per heavy atom. The smallest absolute Gasteiger partial charge is 0.127 e. The van der Waals surface area contributed by atoms with Gasteiger partial charge in [-0.2, -0.15) is 0 Å². The van der Waals surface area contributed by atoms with Crippen molar-refractivity contribution in [2.24, 2.45) is 0 Å². The molecule has 0 aliphatic heterocycles. The van der Waals surface area contributed by atoms with Crippen molar-refractivity contribution >= 4 is 11.5 Å². The molecule has 16 heavy (non-hydrogen) atoms. The van der Waals surface area contributed by atoms with E-state index in [1.807, 2.05) is 25.4 Å². The summed E-state index contributed by atoms with van der Waals surface area (Å²) in [6.45, 7) is 4.47. The second kappa shape index (κ2) is 7.09. The number of rotatable bonds is 7. The largest absolute Gasteiger partial charge is 0.382 e. The molecule has 0 saturated heterocycles. The van der Waals surface area contributed by atoms with E-state index in [-0.39, 0.29) is 0 Å². The zero-order valence-electron chi connectivity index (χ0n) is 10.6. The molecule has 0 spiro atoms. The third kappa shape index (κ3) is 4.51. The third-order valence-corrected chi connectivity index (χ3v) is 2.67. The van der Waals surface area contributed by atoms with Crippen molar-refractivity contribution in [3.05, 3.63) is 18.3 Å². The highest BCUT2D eigenvalue weighted by Crippen LogP contribution is 2.14. The highest BCUT2D eigenvalue weighted by atomic mass is 15.0. The second-order valence-electron chi connectivity index (χ2n) is 4.22. The van der Waals surface area contributed by atoms with Crippen molar-refractivity contribution in [1.82, 2.24) is 4.98 Å². The van der Waals surface area contributed by atoms with Gasteiger partial charge in [0, 0.05) is 31.0 Å². The van der Waals surface area contributed by atoms with Gasteiger partial charge in [0.2, 0.25) is 0 Å². The molecule has 0 aromatic carbocycles. The molecule has 0 bridgehead atoms. The number of pyridine rings is 1. The molecule has 1 heterocycles. The second-order valence-corrected chi connectivity index (χ2v) is 4.22. The summed E-state index contributed by atoms with van der Waals surface area (Å²) in [5.74, 6) is 0.908. The average Bonchev–Trinajstić information content (AvgIpc) is 2.29. The Bertz CT molecular complexity index is 299. The molecule has 0 aliphatic carbocycles. The zero-order chi connectivity index (χ0) is 11.8. The highest BCUT2D eigenvalue weighted by molar-refractivity contribution is 5.51. The van der Waals surface area contributed by atoms with Crippen molar-refractivity contribution < 1.29 is 0 Å². The van der Waals surface area contributed by atoms with Crippen LogP contribution in [0.1, 0.15) is 39.5 Å². The number of nitrogens with zero attached hydrogens (tertiary/aromatic N) is 1. The van der Waals surface area contributed by atoms with E-state index in [4.69, 9.17) is 0 Å². The quantitative estimate of drug-likeness (QED) is 0.692. The Labute approximate surface area is 98.7 Å². The van der Waals surface area contributed by atoms with E-state index in [0.717, 1.165) is 11.5 Å². The van der Waals surface area contributed by atoms with Crippen LogP contribution in [0, 0.1) is 0 Å². The summed E-state index contributed by atoms with van der Waals surface area (Å²) in [4.78, 5) is 4.19. The monoisotopic (exact) mass is 221 g/mol. The van der Waals surface area contributed by atoms with Gasteiger partial charge in [0.05, 0.1) is 0 Å². The third-order valence-electron chi connectivity index (χ3n) is 2.67. The fourth-order valence-corrected chi connectivity index (χ4v) is 1.71. The van der Waals surface area contributed by atoms with Crippen LogP contribution in [0.15, 0.2) is 18.3 Å². The minimum atomic E-state index is 0.527. The highest BCUT2D eigenvalue weighted by Gasteiger charge is 2.02. The van der Waals surface area contributed by atoms with Gasteiger partial charge in [-0.15, -0.1) is 0 Å². The molecular weight excluding hydrogens is 198 g/mol. The molecule has 0 fully saturated rings. The maximum absolute atomic E-state index is 4.19. The molecule has 0 aliphatic rings. The molecule has 1 aromatic heterocycles. The van der Waals surface area contributed by atoms with Crippen LogP contribution in [-0.2, 0) is 0 Å². The molecule has 0 amide bonds. The normalized spacial score (nSPS) is 12.2. The van der Waals surface area contributed by atoms with Crippen molar-refractivity contribution in [3.8, 4) is 0 Å². The summed E-state index contributed by atoms with van der Waals surface area (Å²) >= 11 is 0. The van der Waals surface area contributed by atoms with Crippen LogP contribution >= 0.6 is 0 Å². The van der Waals surface area contributed by atoms with Gasteiger partial charge >= 0.3 is 0 Å². The molecule has 0 radical (unpaired) electrons. The van der Waals surface area contributed by atoms with Crippen LogP contribution in [0.4, 0.5) is 11.5 Å². The van der Waals surface area contributed by atoms with E-state index in [9.17, 15) is 0 Å². The molecule has 3 heteroatoms. The van der Waals surface area contributed by atoms with Gasteiger partial charge in [-0.1, -0.05) is 26.2 Å². The van der Waals surface area contributed by atoms with E-state index in [1.165, 1.54) is 25.7 Å². The summed E-state index contributed by atoms with van der Waals surface area (Å²) in [6.07, 6.45) is 6.96. The minimum Gasteiger partial charge on any atom is -0.382 e. The summed E-state index contributed by atoms with van der Waals surface area (Å²) in [5, 5.41) is 6.54. The molecule has 3 nitrogen and oxygen atoms in total. The number of unbranched alkanes of at least 4 members (excludes halogenated alkanes) is 2. The topological polar surface area (TPSA) is 37.0 Å². The first-order chi connectivity index (χ1) is 7.76. The molecule has 1 aromatic rings. The molecule has 1 rings (SSSR count). The molecule has 0 saturated carbocycles. The van der Waals surface area contributed by atoms with Crippen LogP contribution in [0.3, 0.4) is 0 Å². The fraction of sp³-hybridized carbons (Fsp3) is 0.615. The Hall–Kier alpha value is -1.25. The first kappa shape index (κ1) is 12.8. The van der Waals surface area contributed by atoms with Gasteiger partial charge in [-0.05, 0) is 19.4 Å². The summed E-state index contributed by atoms with van der Waals surface area (Å²) < 4.78 is 0. The van der Waals surface area contributed by atoms with E-state index < -0.39 is 0 Å². The van der Waals surface area contributed by atoms with Crippen LogP contribution in [-0.4, -0.2) is 18.1 Å². The molecule has 1 atom stereocenters. The number of nitrogens with one attached hydrogen (secondary N) is 2. The van der Waals surface area contributed by atoms with E-state index >= 15 is 0 Å². The van der Waals surface area contributed by atoms with Gasteiger partial charge in [0.25, 0.3) is 0 Å². The minimum absolute atomic E-state index is 0.527. The van der Waals surface area contributed by atoms with Gasteiger partial charge in [0.15, 0.2) is 0 Å². The summed E-state index contributed by atoms with van der Waals surface area (Å²) in [5.41, 5.74) is 1.14. The Balaban J connectivity index is 2.39. The first-order valence-corrected chi connectivity index (χ1v) is 6.16. The van der Waals surface area contributed by atoms with Crippen LogP contribution in [0.25, 0.3) is 0 Å². The molecule has 1 unspecified atom stereocenters. The van der Waals surface area contributed by atoms with E-state index in [2.05, 4.69) is 29.5 Å². The van der Waals surface area contributed by atoms with Gasteiger partial charge in [0.1, 0.15) is 5.82 Å². The predicted octanol–water partition coefficient (Wildman–Crippen LogP) is 3.50. The van der Waals surface area contributed by atoms with Gasteiger partial charge in [-0.25, -0.2) is 4.98 Å². The summed E-state index contributed by atoms with van der Waals surface area (Å²) in [6, 6.07) is 4.58. The number of anilines is 2. The Kier molecular flexibility index (Phi) is 5.68. The molecule has 2 N–H and O–H groups in total. The Morgan fingerprint density at radius 3 is 2.88 bits per heavy atom.